The molecule has 8 nitrogen and oxygen atoms in total. The van der Waals surface area contributed by atoms with Crippen molar-refractivity contribution in [3.63, 3.8) is 0 Å². The number of piperazine rings is 1. The van der Waals surface area contributed by atoms with Gasteiger partial charge in [-0.2, -0.15) is 5.26 Å². The highest BCUT2D eigenvalue weighted by Gasteiger charge is 2.46. The number of nitrogens with zero attached hydrogens (tertiary/aromatic N) is 7. The van der Waals surface area contributed by atoms with Crippen LogP contribution < -0.4 is 9.80 Å². The third-order valence-corrected chi connectivity index (χ3v) is 8.51. The summed E-state index contributed by atoms with van der Waals surface area (Å²) in [7, 11) is 0. The number of carbonyl (C=O) groups excluding carboxylic acids is 1. The minimum absolute atomic E-state index is 0.121. The van der Waals surface area contributed by atoms with Gasteiger partial charge in [0.05, 0.1) is 10.3 Å². The van der Waals surface area contributed by atoms with Crippen LogP contribution >= 0.6 is 11.8 Å². The summed E-state index contributed by atoms with van der Waals surface area (Å²) >= 11 is 1.77. The maximum atomic E-state index is 13.1. The molecule has 2 aromatic heterocycles. The largest absolute Gasteiger partial charge is 0.352 e. The lowest BCUT2D eigenvalue weighted by molar-refractivity contribution is -0.136. The maximum Gasteiger partial charge on any atom is 0.238 e. The third-order valence-electron chi connectivity index (χ3n) is 7.09. The van der Waals surface area contributed by atoms with Crippen LogP contribution in [-0.4, -0.2) is 68.5 Å². The first kappa shape index (κ1) is 22.0. The second kappa shape index (κ2) is 7.87. The molecule has 2 saturated heterocycles. The number of nitriles is 1. The van der Waals surface area contributed by atoms with Gasteiger partial charge >= 0.3 is 0 Å². The van der Waals surface area contributed by atoms with Crippen LogP contribution in [0, 0.1) is 11.3 Å². The maximum absolute atomic E-state index is 13.1. The van der Waals surface area contributed by atoms with Crippen LogP contribution in [0.3, 0.4) is 0 Å². The van der Waals surface area contributed by atoms with Crippen molar-refractivity contribution in [1.29, 1.82) is 5.26 Å². The lowest BCUT2D eigenvalue weighted by Gasteiger charge is -2.46. The van der Waals surface area contributed by atoms with Crippen LogP contribution in [0.15, 0.2) is 24.7 Å². The third kappa shape index (κ3) is 3.61. The van der Waals surface area contributed by atoms with E-state index in [2.05, 4.69) is 58.4 Å². The molecule has 0 aliphatic carbocycles. The first-order valence-corrected chi connectivity index (χ1v) is 12.4. The van der Waals surface area contributed by atoms with Crippen LogP contribution in [0.1, 0.15) is 45.2 Å². The van der Waals surface area contributed by atoms with Crippen molar-refractivity contribution in [2.24, 2.45) is 0 Å². The number of amides is 1. The number of carbonyl (C=O) groups is 1. The second-order valence-corrected chi connectivity index (χ2v) is 11.6. The van der Waals surface area contributed by atoms with E-state index in [0.717, 1.165) is 54.8 Å². The van der Waals surface area contributed by atoms with Crippen molar-refractivity contribution in [1.82, 2.24) is 19.9 Å². The Bertz CT molecular complexity index is 1120. The molecule has 3 aliphatic rings. The second-order valence-electron chi connectivity index (χ2n) is 10.0. The Morgan fingerprint density at radius 3 is 2.55 bits per heavy atom. The molecule has 1 amide bonds. The topological polar surface area (TPSA) is 89.2 Å². The van der Waals surface area contributed by atoms with Gasteiger partial charge in [0.2, 0.25) is 5.91 Å². The van der Waals surface area contributed by atoms with Crippen molar-refractivity contribution < 1.29 is 4.79 Å². The number of pyridine rings is 1. The first-order chi connectivity index (χ1) is 15.7. The van der Waals surface area contributed by atoms with E-state index < -0.39 is 0 Å². The Kier molecular flexibility index (Phi) is 5.24. The summed E-state index contributed by atoms with van der Waals surface area (Å²) < 4.78 is -0.247. The standard InChI is InChI=1S/C24H29N7OS/c1-16-13-29(8-9-30(16)22(32)24(4)7-10-33-24)20-19-21(28-15-27-20)31(14-23(19,2)3)18-6-5-17(11-25)12-26-18/h5-6,12,15-16H,7-10,13-14H2,1-4H3/t16?,24-/m0/s1. The van der Waals surface area contributed by atoms with E-state index in [1.54, 1.807) is 30.4 Å². The Balaban J connectivity index is 1.42. The number of hydrogen-bond acceptors (Lipinski definition) is 8. The molecular formula is C24H29N7OS. The van der Waals surface area contributed by atoms with E-state index in [1.807, 2.05) is 6.07 Å². The summed E-state index contributed by atoms with van der Waals surface area (Å²) in [5.74, 6) is 3.94. The average Bonchev–Trinajstić information content (AvgIpc) is 3.08. The zero-order valence-corrected chi connectivity index (χ0v) is 20.4. The van der Waals surface area contributed by atoms with E-state index in [0.29, 0.717) is 12.1 Å². The quantitative estimate of drug-likeness (QED) is 0.686. The summed E-state index contributed by atoms with van der Waals surface area (Å²) in [5.41, 5.74) is 1.48. The summed E-state index contributed by atoms with van der Waals surface area (Å²) in [6, 6.07) is 5.90. The Hall–Kier alpha value is -2.86. The van der Waals surface area contributed by atoms with Crippen molar-refractivity contribution in [3.8, 4) is 6.07 Å². The fourth-order valence-electron chi connectivity index (χ4n) is 5.10. The SMILES string of the molecule is CC1CN(c2ncnc3c2C(C)(C)CN3c2ccc(C#N)cn2)CCN1C(=O)[C@]1(C)CCS1. The van der Waals surface area contributed by atoms with E-state index in [9.17, 15) is 4.79 Å². The molecular weight excluding hydrogens is 434 g/mol. The molecule has 5 heterocycles. The van der Waals surface area contributed by atoms with Crippen LogP contribution in [0.4, 0.5) is 17.5 Å². The highest BCUT2D eigenvalue weighted by Crippen LogP contribution is 2.47. The van der Waals surface area contributed by atoms with Gasteiger partial charge in [0.25, 0.3) is 0 Å². The molecule has 172 valence electrons. The molecule has 0 spiro atoms. The van der Waals surface area contributed by atoms with Gasteiger partial charge in [-0.15, -0.1) is 11.8 Å². The van der Waals surface area contributed by atoms with Crippen molar-refractivity contribution in [3.05, 3.63) is 35.8 Å². The number of rotatable bonds is 3. The highest BCUT2D eigenvalue weighted by atomic mass is 32.2. The molecule has 0 bridgehead atoms. The number of thioether (sulfide) groups is 1. The normalized spacial score (nSPS) is 25.9. The van der Waals surface area contributed by atoms with Crippen molar-refractivity contribution in [2.75, 3.05) is 41.7 Å². The zero-order chi connectivity index (χ0) is 23.4. The summed E-state index contributed by atoms with van der Waals surface area (Å²) in [5, 5.41) is 9.10. The molecule has 33 heavy (non-hydrogen) atoms. The lowest BCUT2D eigenvalue weighted by atomic mass is 9.87. The van der Waals surface area contributed by atoms with E-state index in [4.69, 9.17) is 10.2 Å². The van der Waals surface area contributed by atoms with Gasteiger partial charge in [-0.05, 0) is 38.2 Å². The molecule has 2 atom stereocenters. The molecule has 5 rings (SSSR count). The fraction of sp³-hybridized carbons (Fsp3) is 0.542. The fourth-order valence-corrected chi connectivity index (χ4v) is 6.16. The van der Waals surface area contributed by atoms with Gasteiger partial charge < -0.3 is 14.7 Å². The molecule has 9 heteroatoms. The van der Waals surface area contributed by atoms with Gasteiger partial charge in [0.1, 0.15) is 29.9 Å². The highest BCUT2D eigenvalue weighted by molar-refractivity contribution is 8.02. The van der Waals surface area contributed by atoms with Gasteiger partial charge in [0, 0.05) is 49.4 Å². The zero-order valence-electron chi connectivity index (χ0n) is 19.6. The summed E-state index contributed by atoms with van der Waals surface area (Å²) in [6.45, 7) is 11.6. The van der Waals surface area contributed by atoms with Crippen LogP contribution in [0.2, 0.25) is 0 Å². The number of fused-ring (bicyclic) bond motifs is 1. The summed E-state index contributed by atoms with van der Waals surface area (Å²) in [6.07, 6.45) is 4.19. The van der Waals surface area contributed by atoms with Gasteiger partial charge in [-0.25, -0.2) is 15.0 Å². The molecule has 1 unspecified atom stereocenters. The minimum Gasteiger partial charge on any atom is -0.352 e. The van der Waals surface area contributed by atoms with E-state index in [-0.39, 0.29) is 22.1 Å². The van der Waals surface area contributed by atoms with E-state index >= 15 is 0 Å². The molecule has 2 fully saturated rings. The smallest absolute Gasteiger partial charge is 0.238 e. The monoisotopic (exact) mass is 463 g/mol. The van der Waals surface area contributed by atoms with Crippen LogP contribution in [-0.2, 0) is 10.2 Å². The molecule has 0 saturated carbocycles. The van der Waals surface area contributed by atoms with Crippen molar-refractivity contribution in [2.45, 2.75) is 50.3 Å². The van der Waals surface area contributed by atoms with Gasteiger partial charge in [-0.3, -0.25) is 4.79 Å². The van der Waals surface area contributed by atoms with E-state index in [1.165, 1.54) is 0 Å². The molecule has 0 radical (unpaired) electrons. The predicted octanol–water partition coefficient (Wildman–Crippen LogP) is 3.11. The predicted molar refractivity (Wildman–Crippen MR) is 130 cm³/mol. The minimum atomic E-state index is -0.247. The number of hydrogen-bond donors (Lipinski definition) is 0. The van der Waals surface area contributed by atoms with Crippen LogP contribution in [0.5, 0.6) is 0 Å². The van der Waals surface area contributed by atoms with Gasteiger partial charge in [0.15, 0.2) is 0 Å². The number of aromatic nitrogens is 3. The molecule has 0 aromatic carbocycles. The average molecular weight is 464 g/mol. The van der Waals surface area contributed by atoms with Crippen molar-refractivity contribution >= 4 is 35.1 Å². The lowest BCUT2D eigenvalue weighted by Crippen LogP contribution is -2.60. The number of anilines is 3. The Morgan fingerprint density at radius 2 is 1.94 bits per heavy atom. The summed E-state index contributed by atoms with van der Waals surface area (Å²) in [4.78, 5) is 33.5. The van der Waals surface area contributed by atoms with Crippen LogP contribution in [0.25, 0.3) is 0 Å². The molecule has 2 aromatic rings. The Labute approximate surface area is 199 Å². The van der Waals surface area contributed by atoms with Gasteiger partial charge in [-0.1, -0.05) is 13.8 Å². The Morgan fingerprint density at radius 1 is 1.18 bits per heavy atom. The molecule has 0 N–H and O–H groups in total. The first-order valence-electron chi connectivity index (χ1n) is 11.4. The molecule has 3 aliphatic heterocycles.